The standard InChI is InChI=1S/C21H30O9S2/c1-12(22)16-6-7-17-15-5-4-13-10-14(23)11-21(28-31(24,25)30-32(26,27)29-21)20(13,3)18(15)8-9-19(16,17)2/h4,14-18,23H,5-11H2,1-3H3/t14-,15?,16+,17?,18?,19+,20-/m0/s1. The minimum atomic E-state index is -4.89. The molecule has 1 spiro atoms. The number of aliphatic hydroxyl groups excluding tert-OH is 1. The normalized spacial score (nSPS) is 48.2. The van der Waals surface area contributed by atoms with Gasteiger partial charge in [0.2, 0.25) is 5.79 Å². The van der Waals surface area contributed by atoms with Crippen LogP contribution in [0.4, 0.5) is 0 Å². The van der Waals surface area contributed by atoms with E-state index >= 15 is 0 Å². The number of hydrogen-bond donors (Lipinski definition) is 1. The first-order chi connectivity index (χ1) is 14.7. The van der Waals surface area contributed by atoms with E-state index in [0.29, 0.717) is 12.8 Å². The third kappa shape index (κ3) is 3.04. The van der Waals surface area contributed by atoms with Gasteiger partial charge in [0.15, 0.2) is 0 Å². The van der Waals surface area contributed by atoms with Crippen molar-refractivity contribution in [2.75, 3.05) is 0 Å². The van der Waals surface area contributed by atoms with E-state index in [4.69, 9.17) is 8.37 Å². The van der Waals surface area contributed by atoms with Crippen molar-refractivity contribution in [1.82, 2.24) is 0 Å². The number of aliphatic hydroxyl groups is 1. The number of fused-ring (bicyclic) bond motifs is 6. The van der Waals surface area contributed by atoms with Gasteiger partial charge in [-0.05, 0) is 68.6 Å². The lowest BCUT2D eigenvalue weighted by Gasteiger charge is -2.62. The van der Waals surface area contributed by atoms with Crippen molar-refractivity contribution in [3.05, 3.63) is 11.6 Å². The Labute approximate surface area is 189 Å². The summed E-state index contributed by atoms with van der Waals surface area (Å²) >= 11 is 0. The molecule has 0 aromatic carbocycles. The van der Waals surface area contributed by atoms with E-state index in [2.05, 4.69) is 10.6 Å². The van der Waals surface area contributed by atoms with Gasteiger partial charge in [0, 0.05) is 17.8 Å². The van der Waals surface area contributed by atoms with E-state index < -0.39 is 38.1 Å². The highest BCUT2D eigenvalue weighted by molar-refractivity contribution is 7.95. The second kappa shape index (κ2) is 6.85. The van der Waals surface area contributed by atoms with E-state index in [1.165, 1.54) is 0 Å². The number of allylic oxidation sites excluding steroid dienone is 1. The van der Waals surface area contributed by atoms with Gasteiger partial charge in [-0.1, -0.05) is 25.5 Å². The zero-order valence-electron chi connectivity index (χ0n) is 18.4. The Morgan fingerprint density at radius 2 is 1.72 bits per heavy atom. The summed E-state index contributed by atoms with van der Waals surface area (Å²) in [6, 6.07) is 0. The first-order valence-electron chi connectivity index (χ1n) is 11.2. The van der Waals surface area contributed by atoms with E-state index in [0.717, 1.165) is 31.3 Å². The molecule has 0 aromatic heterocycles. The lowest BCUT2D eigenvalue weighted by Crippen LogP contribution is -2.66. The number of hydrogen-bond acceptors (Lipinski definition) is 9. The van der Waals surface area contributed by atoms with Gasteiger partial charge in [0.05, 0.1) is 6.10 Å². The average molecular weight is 491 g/mol. The topological polar surface area (TPSA) is 133 Å². The fraction of sp³-hybridized carbons (Fsp3) is 0.857. The van der Waals surface area contributed by atoms with Gasteiger partial charge in [-0.2, -0.15) is 16.8 Å². The minimum absolute atomic E-state index is 0.00473. The highest BCUT2D eigenvalue weighted by Gasteiger charge is 2.70. The second-order valence-electron chi connectivity index (χ2n) is 10.7. The number of ketones is 1. The van der Waals surface area contributed by atoms with Gasteiger partial charge in [0.25, 0.3) is 0 Å². The van der Waals surface area contributed by atoms with Gasteiger partial charge >= 0.3 is 20.8 Å². The zero-order chi connectivity index (χ0) is 23.3. The number of rotatable bonds is 1. The fourth-order valence-electron chi connectivity index (χ4n) is 8.11. The molecule has 11 heteroatoms. The fourth-order valence-corrected chi connectivity index (χ4v) is 10.4. The van der Waals surface area contributed by atoms with E-state index in [9.17, 15) is 26.7 Å². The molecule has 1 heterocycles. The van der Waals surface area contributed by atoms with Crippen molar-refractivity contribution < 1.29 is 38.7 Å². The molecule has 5 rings (SSSR count). The summed E-state index contributed by atoms with van der Waals surface area (Å²) in [6.07, 6.45) is 4.91. The summed E-state index contributed by atoms with van der Waals surface area (Å²) < 4.78 is 64.0. The maximum Gasteiger partial charge on any atom is 0.419 e. The van der Waals surface area contributed by atoms with Gasteiger partial charge in [-0.3, -0.25) is 4.79 Å². The molecule has 0 bridgehead atoms. The molecule has 7 atom stereocenters. The summed E-state index contributed by atoms with van der Waals surface area (Å²) in [5, 5.41) is 10.5. The van der Waals surface area contributed by atoms with Crippen molar-refractivity contribution in [3.63, 3.8) is 0 Å². The van der Waals surface area contributed by atoms with Crippen molar-refractivity contribution in [2.24, 2.45) is 34.5 Å². The van der Waals surface area contributed by atoms with Crippen LogP contribution in [0.2, 0.25) is 0 Å². The molecule has 4 fully saturated rings. The smallest absolute Gasteiger partial charge is 0.393 e. The average Bonchev–Trinajstić information content (AvgIpc) is 2.97. The summed E-state index contributed by atoms with van der Waals surface area (Å²) in [7, 11) is -9.79. The van der Waals surface area contributed by atoms with Crippen LogP contribution in [0.15, 0.2) is 11.6 Å². The third-order valence-corrected chi connectivity index (χ3v) is 11.6. The van der Waals surface area contributed by atoms with Crippen LogP contribution in [0, 0.1) is 34.5 Å². The molecule has 4 aliphatic carbocycles. The van der Waals surface area contributed by atoms with Crippen LogP contribution < -0.4 is 0 Å². The molecule has 32 heavy (non-hydrogen) atoms. The maximum absolute atomic E-state index is 12.4. The van der Waals surface area contributed by atoms with Crippen molar-refractivity contribution >= 4 is 26.6 Å². The van der Waals surface area contributed by atoms with Gasteiger partial charge in [-0.25, -0.2) is 8.37 Å². The Bertz CT molecular complexity index is 1060. The molecule has 5 aliphatic rings. The molecule has 180 valence electrons. The number of Topliss-reactive ketones (excluding diaryl/α,β-unsaturated/α-hetero) is 1. The summed E-state index contributed by atoms with van der Waals surface area (Å²) in [5.74, 6) is -1.65. The molecule has 1 N–H and O–H groups in total. The van der Waals surface area contributed by atoms with Crippen LogP contribution in [-0.2, 0) is 37.6 Å². The molecule has 1 saturated heterocycles. The summed E-state index contributed by atoms with van der Waals surface area (Å²) in [6.45, 7) is 5.64. The third-order valence-electron chi connectivity index (χ3n) is 9.36. The molecule has 9 nitrogen and oxygen atoms in total. The summed E-state index contributed by atoms with van der Waals surface area (Å²) in [4.78, 5) is 12.4. The minimum Gasteiger partial charge on any atom is -0.393 e. The van der Waals surface area contributed by atoms with Gasteiger partial charge in [-0.15, -0.1) is 3.63 Å². The highest BCUT2D eigenvalue weighted by atomic mass is 32.3. The largest absolute Gasteiger partial charge is 0.419 e. The molecule has 1 aliphatic heterocycles. The quantitative estimate of drug-likeness (QED) is 0.550. The Morgan fingerprint density at radius 1 is 1.06 bits per heavy atom. The Hall–Kier alpha value is -0.850. The monoisotopic (exact) mass is 490 g/mol. The van der Waals surface area contributed by atoms with Crippen molar-refractivity contribution in [2.45, 2.75) is 77.6 Å². The predicted molar refractivity (Wildman–Crippen MR) is 111 cm³/mol. The van der Waals surface area contributed by atoms with Crippen molar-refractivity contribution in [1.29, 1.82) is 0 Å². The SMILES string of the molecule is CC(=O)[C@H]1CCC2C3CC=C4C[C@H](O)CC5(OS(=O)(=O)OS(=O)(=O)O5)[C@]4(C)C3CC[C@@]21C. The Morgan fingerprint density at radius 3 is 2.34 bits per heavy atom. The molecule has 3 saturated carbocycles. The van der Waals surface area contributed by atoms with Crippen LogP contribution in [0.5, 0.6) is 0 Å². The number of carbonyl (C=O) groups is 1. The van der Waals surface area contributed by atoms with Crippen LogP contribution in [0.3, 0.4) is 0 Å². The highest BCUT2D eigenvalue weighted by Crippen LogP contribution is 2.69. The molecule has 0 aromatic rings. The molecular weight excluding hydrogens is 460 g/mol. The van der Waals surface area contributed by atoms with E-state index in [-0.39, 0.29) is 41.3 Å². The lowest BCUT2D eigenvalue weighted by molar-refractivity contribution is -0.255. The first kappa shape index (κ1) is 22.9. The van der Waals surface area contributed by atoms with Crippen LogP contribution in [0.1, 0.15) is 65.7 Å². The lowest BCUT2D eigenvalue weighted by atomic mass is 9.46. The van der Waals surface area contributed by atoms with E-state index in [1.807, 2.05) is 6.08 Å². The van der Waals surface area contributed by atoms with E-state index in [1.54, 1.807) is 13.8 Å². The first-order valence-corrected chi connectivity index (χ1v) is 13.9. The second-order valence-corrected chi connectivity index (χ2v) is 13.2. The molecule has 3 unspecified atom stereocenters. The maximum atomic E-state index is 12.4. The van der Waals surface area contributed by atoms with Crippen LogP contribution in [0.25, 0.3) is 0 Å². The van der Waals surface area contributed by atoms with Crippen LogP contribution in [-0.4, -0.2) is 39.6 Å². The molecule has 0 radical (unpaired) electrons. The van der Waals surface area contributed by atoms with Gasteiger partial charge in [0.1, 0.15) is 5.78 Å². The Kier molecular flexibility index (Phi) is 4.91. The summed E-state index contributed by atoms with van der Waals surface area (Å²) in [5.41, 5.74) is -0.463. The van der Waals surface area contributed by atoms with Crippen LogP contribution >= 0.6 is 0 Å². The Balaban J connectivity index is 1.63. The molecule has 0 amide bonds. The molecular formula is C21H30O9S2. The van der Waals surface area contributed by atoms with Gasteiger partial charge < -0.3 is 5.11 Å². The predicted octanol–water partition coefficient (Wildman–Crippen LogP) is 2.37. The van der Waals surface area contributed by atoms with Crippen molar-refractivity contribution in [3.8, 4) is 0 Å². The zero-order valence-corrected chi connectivity index (χ0v) is 20.1. The number of carbonyl (C=O) groups excluding carboxylic acids is 1.